The number of halogens is 6. The molecule has 0 saturated carbocycles. The fourth-order valence-corrected chi connectivity index (χ4v) is 5.09. The van der Waals surface area contributed by atoms with Crippen LogP contribution in [0.3, 0.4) is 0 Å². The Balaban J connectivity index is 0.000000458. The zero-order valence-corrected chi connectivity index (χ0v) is 27.7. The Morgan fingerprint density at radius 3 is 2.11 bits per heavy atom. The standard InChI is InChI=1S/C30H31N5O4.2C2HF3O2/c1-20-15-23(25-6-2-3-7-27(25)32-20)19-39-24-10-8-22(9-11-24)29(36)33-28-18-35(14-12-26(28)30(37)34-38)17-21-5-4-13-31-16-21;2*3-2(4,5)1(6)7/h2-11,13,15-16,26,28,38H,12,14,17-19H2,1H3,(H,33,36)(H,34,37);2*(H,6,7)/t26-,28+;;/m0../s1. The van der Waals surface area contributed by atoms with Crippen LogP contribution in [0.5, 0.6) is 5.75 Å². The highest BCUT2D eigenvalue weighted by atomic mass is 19.4. The monoisotopic (exact) mass is 753 g/mol. The van der Waals surface area contributed by atoms with Gasteiger partial charge in [-0.15, -0.1) is 0 Å². The number of hydrogen-bond acceptors (Lipinski definition) is 9. The average molecular weight is 754 g/mol. The molecule has 2 aromatic heterocycles. The summed E-state index contributed by atoms with van der Waals surface area (Å²) in [6.45, 7) is 4.13. The van der Waals surface area contributed by atoms with E-state index in [0.29, 0.717) is 44.0 Å². The van der Waals surface area contributed by atoms with Crippen molar-refractivity contribution < 1.29 is 65.7 Å². The maximum absolute atomic E-state index is 13.1. The van der Waals surface area contributed by atoms with Gasteiger partial charge >= 0.3 is 24.3 Å². The van der Waals surface area contributed by atoms with Gasteiger partial charge in [-0.3, -0.25) is 29.7 Å². The quantitative estimate of drug-likeness (QED) is 0.0934. The van der Waals surface area contributed by atoms with Gasteiger partial charge in [-0.2, -0.15) is 26.3 Å². The van der Waals surface area contributed by atoms with E-state index < -0.39 is 42.2 Å². The molecule has 0 bridgehead atoms. The molecule has 5 rings (SSSR count). The van der Waals surface area contributed by atoms with Gasteiger partial charge in [0, 0.05) is 47.7 Å². The number of aryl methyl sites for hydroxylation is 1. The number of benzene rings is 2. The molecule has 53 heavy (non-hydrogen) atoms. The summed E-state index contributed by atoms with van der Waals surface area (Å²) in [6, 6.07) is 20.3. The van der Waals surface area contributed by atoms with E-state index in [0.717, 1.165) is 27.7 Å². The molecule has 4 aromatic rings. The van der Waals surface area contributed by atoms with Gasteiger partial charge in [0.15, 0.2) is 0 Å². The molecule has 1 fully saturated rings. The van der Waals surface area contributed by atoms with E-state index in [1.54, 1.807) is 35.9 Å². The number of amides is 2. The SMILES string of the molecule is Cc1cc(COc2ccc(C(=O)N[C@@H]3CN(Cc4cccnc4)CC[C@@H]3C(=O)NO)cc2)c2ccccc2n1.O=C(O)C(F)(F)F.O=C(O)C(F)(F)F. The summed E-state index contributed by atoms with van der Waals surface area (Å²) < 4.78 is 69.5. The van der Waals surface area contributed by atoms with Crippen molar-refractivity contribution in [2.45, 2.75) is 44.9 Å². The Kier molecular flexibility index (Phi) is 14.6. The number of nitrogens with one attached hydrogen (secondary N) is 2. The van der Waals surface area contributed by atoms with Gasteiger partial charge in [0.2, 0.25) is 5.91 Å². The second kappa shape index (κ2) is 18.6. The van der Waals surface area contributed by atoms with Crippen molar-refractivity contribution in [2.24, 2.45) is 5.92 Å². The predicted molar refractivity (Wildman–Crippen MR) is 173 cm³/mol. The van der Waals surface area contributed by atoms with Gasteiger partial charge in [0.25, 0.3) is 5.91 Å². The first kappa shape index (κ1) is 41.6. The van der Waals surface area contributed by atoms with Crippen LogP contribution < -0.4 is 15.5 Å². The van der Waals surface area contributed by atoms with Crippen LogP contribution in [0.25, 0.3) is 10.9 Å². The number of alkyl halides is 6. The van der Waals surface area contributed by atoms with Crippen LogP contribution in [0.2, 0.25) is 0 Å². The van der Waals surface area contributed by atoms with Gasteiger partial charge in [0.05, 0.1) is 17.5 Å². The van der Waals surface area contributed by atoms with Crippen molar-refractivity contribution in [3.8, 4) is 5.75 Å². The number of likely N-dealkylation sites (tertiary alicyclic amines) is 1. The Bertz CT molecular complexity index is 1840. The largest absolute Gasteiger partial charge is 0.490 e. The molecular formula is C34H33F6N5O8. The Labute approximate surface area is 297 Å². The number of piperidine rings is 1. The molecule has 5 N–H and O–H groups in total. The number of aliphatic carboxylic acids is 2. The van der Waals surface area contributed by atoms with Crippen LogP contribution >= 0.6 is 0 Å². The molecule has 3 heterocycles. The van der Waals surface area contributed by atoms with Gasteiger partial charge < -0.3 is 20.3 Å². The number of carboxylic acids is 2. The van der Waals surface area contributed by atoms with Gasteiger partial charge in [-0.1, -0.05) is 24.3 Å². The van der Waals surface area contributed by atoms with Crippen LogP contribution in [-0.2, 0) is 27.5 Å². The van der Waals surface area contributed by atoms with Crippen LogP contribution in [0, 0.1) is 12.8 Å². The van der Waals surface area contributed by atoms with E-state index in [4.69, 9.17) is 24.5 Å². The van der Waals surface area contributed by atoms with Crippen molar-refractivity contribution in [3.05, 3.63) is 102 Å². The molecular weight excluding hydrogens is 720 g/mol. The molecule has 0 radical (unpaired) electrons. The fraction of sp³-hybridized carbons (Fsp3) is 0.294. The lowest BCUT2D eigenvalue weighted by atomic mass is 9.90. The first-order valence-electron chi connectivity index (χ1n) is 15.4. The smallest absolute Gasteiger partial charge is 0.489 e. The van der Waals surface area contributed by atoms with Crippen molar-refractivity contribution >= 4 is 34.7 Å². The Morgan fingerprint density at radius 1 is 0.925 bits per heavy atom. The van der Waals surface area contributed by atoms with Gasteiger partial charge in [-0.05, 0) is 67.9 Å². The summed E-state index contributed by atoms with van der Waals surface area (Å²) in [5.41, 5.74) is 6.16. The lowest BCUT2D eigenvalue weighted by Crippen LogP contribution is -2.56. The molecule has 1 aliphatic heterocycles. The molecule has 1 saturated heterocycles. The number of ether oxygens (including phenoxy) is 1. The highest BCUT2D eigenvalue weighted by Crippen LogP contribution is 2.23. The van der Waals surface area contributed by atoms with Gasteiger partial charge in [0.1, 0.15) is 12.4 Å². The van der Waals surface area contributed by atoms with Crippen LogP contribution in [-0.4, -0.2) is 85.5 Å². The number of rotatable bonds is 8. The molecule has 2 aromatic carbocycles. The number of hydroxylamine groups is 1. The fourth-order valence-electron chi connectivity index (χ4n) is 5.09. The number of pyridine rings is 2. The maximum Gasteiger partial charge on any atom is 0.490 e. The number of carbonyl (C=O) groups is 4. The lowest BCUT2D eigenvalue weighted by Gasteiger charge is -2.37. The van der Waals surface area contributed by atoms with E-state index >= 15 is 0 Å². The number of fused-ring (bicyclic) bond motifs is 1. The zero-order valence-electron chi connectivity index (χ0n) is 27.7. The predicted octanol–water partition coefficient (Wildman–Crippen LogP) is 4.91. The molecule has 0 unspecified atom stereocenters. The molecule has 2 atom stereocenters. The second-order valence-corrected chi connectivity index (χ2v) is 11.4. The average Bonchev–Trinajstić information content (AvgIpc) is 3.10. The van der Waals surface area contributed by atoms with Crippen molar-refractivity contribution in [2.75, 3.05) is 13.1 Å². The summed E-state index contributed by atoms with van der Waals surface area (Å²) in [5.74, 6) is -6.20. The third-order valence-corrected chi connectivity index (χ3v) is 7.52. The lowest BCUT2D eigenvalue weighted by molar-refractivity contribution is -0.193. The minimum Gasteiger partial charge on any atom is -0.489 e. The van der Waals surface area contributed by atoms with Crippen molar-refractivity contribution in [1.82, 2.24) is 25.7 Å². The van der Waals surface area contributed by atoms with Crippen LogP contribution in [0.1, 0.15) is 33.6 Å². The van der Waals surface area contributed by atoms with Crippen LogP contribution in [0.4, 0.5) is 26.3 Å². The Morgan fingerprint density at radius 2 is 1.55 bits per heavy atom. The molecule has 13 nitrogen and oxygen atoms in total. The van der Waals surface area contributed by atoms with E-state index in [1.807, 2.05) is 55.6 Å². The van der Waals surface area contributed by atoms with Crippen molar-refractivity contribution in [3.63, 3.8) is 0 Å². The number of aromatic nitrogens is 2. The molecule has 0 aliphatic carbocycles. The number of para-hydroxylation sites is 1. The minimum absolute atomic E-state index is 0.290. The third kappa shape index (κ3) is 13.0. The highest BCUT2D eigenvalue weighted by molar-refractivity contribution is 5.95. The Hall–Kier alpha value is -5.82. The molecule has 0 spiro atoms. The van der Waals surface area contributed by atoms with Crippen LogP contribution in [0.15, 0.2) is 79.1 Å². The van der Waals surface area contributed by atoms with Gasteiger partial charge in [-0.25, -0.2) is 15.1 Å². The summed E-state index contributed by atoms with van der Waals surface area (Å²) in [6.07, 6.45) is -6.13. The molecule has 19 heteroatoms. The second-order valence-electron chi connectivity index (χ2n) is 11.4. The number of carbonyl (C=O) groups excluding carboxylic acids is 2. The minimum atomic E-state index is -5.08. The normalized spacial score (nSPS) is 15.8. The third-order valence-electron chi connectivity index (χ3n) is 7.52. The summed E-state index contributed by atoms with van der Waals surface area (Å²) in [4.78, 5) is 54.2. The summed E-state index contributed by atoms with van der Waals surface area (Å²) in [5, 5.41) is 27.5. The number of nitrogens with zero attached hydrogens (tertiary/aromatic N) is 3. The van der Waals surface area contributed by atoms with E-state index in [2.05, 4.69) is 20.2 Å². The molecule has 1 aliphatic rings. The zero-order chi connectivity index (χ0) is 39.3. The highest BCUT2D eigenvalue weighted by Gasteiger charge is 2.39. The topological polar surface area (TPSA) is 191 Å². The molecule has 284 valence electrons. The molecule has 2 amide bonds. The number of carboxylic acid groups (broad SMARTS) is 2. The van der Waals surface area contributed by atoms with E-state index in [9.17, 15) is 41.1 Å². The van der Waals surface area contributed by atoms with Crippen molar-refractivity contribution in [1.29, 1.82) is 0 Å². The number of hydrogen-bond donors (Lipinski definition) is 5. The maximum atomic E-state index is 13.1. The first-order valence-corrected chi connectivity index (χ1v) is 15.4. The summed E-state index contributed by atoms with van der Waals surface area (Å²) >= 11 is 0. The van der Waals surface area contributed by atoms with E-state index in [-0.39, 0.29) is 5.91 Å². The summed E-state index contributed by atoms with van der Waals surface area (Å²) in [7, 11) is 0. The first-order chi connectivity index (χ1) is 24.9. The van der Waals surface area contributed by atoms with E-state index in [1.165, 1.54) is 0 Å².